The van der Waals surface area contributed by atoms with E-state index < -0.39 is 36.4 Å². The van der Waals surface area contributed by atoms with Gasteiger partial charge in [0.25, 0.3) is 0 Å². The first-order valence-corrected chi connectivity index (χ1v) is 11.5. The van der Waals surface area contributed by atoms with Gasteiger partial charge in [0, 0.05) is 0 Å². The number of ether oxygens (including phenoxy) is 2. The van der Waals surface area contributed by atoms with E-state index in [2.05, 4.69) is 0 Å². The second kappa shape index (κ2) is 11.9. The molecule has 0 aliphatic carbocycles. The lowest BCUT2D eigenvalue weighted by atomic mass is 10.0. The van der Waals surface area contributed by atoms with Crippen LogP contribution in [0, 0.1) is 0 Å². The highest BCUT2D eigenvalue weighted by Crippen LogP contribution is 2.28. The van der Waals surface area contributed by atoms with Crippen LogP contribution < -0.4 is 0 Å². The van der Waals surface area contributed by atoms with Crippen LogP contribution in [0.4, 0.5) is 0 Å². The first-order chi connectivity index (χ1) is 17.5. The van der Waals surface area contributed by atoms with Crippen LogP contribution in [0.3, 0.4) is 0 Å². The fourth-order valence-corrected chi connectivity index (χ4v) is 3.80. The standard InChI is InChI=1S/C30H26O6/c31-25(29(33)35-27(21-13-5-1-6-14-21)22-15-7-2-8-16-22)26(32)30(34)36-28(23-17-9-3-10-18-23)24-19-11-4-12-20-24/h1-20,25-28,31-32H/t25-,26-/m0/s1. The summed E-state index contributed by atoms with van der Waals surface area (Å²) in [5.41, 5.74) is 2.70. The first-order valence-electron chi connectivity index (χ1n) is 11.5. The van der Waals surface area contributed by atoms with Crippen molar-refractivity contribution in [2.45, 2.75) is 24.4 Å². The summed E-state index contributed by atoms with van der Waals surface area (Å²) < 4.78 is 11.1. The van der Waals surface area contributed by atoms with Gasteiger partial charge in [0.15, 0.2) is 24.4 Å². The molecule has 6 heteroatoms. The predicted octanol–water partition coefficient (Wildman–Crippen LogP) is 4.37. The normalized spacial score (nSPS) is 12.7. The quantitative estimate of drug-likeness (QED) is 0.344. The Hall–Kier alpha value is -4.26. The minimum atomic E-state index is -2.14. The maximum absolute atomic E-state index is 12.8. The van der Waals surface area contributed by atoms with Crippen LogP contribution in [-0.2, 0) is 19.1 Å². The third-order valence-corrected chi connectivity index (χ3v) is 5.66. The van der Waals surface area contributed by atoms with Crippen molar-refractivity contribution in [2.24, 2.45) is 0 Å². The van der Waals surface area contributed by atoms with Crippen LogP contribution in [0.2, 0.25) is 0 Å². The van der Waals surface area contributed by atoms with Gasteiger partial charge in [-0.3, -0.25) is 0 Å². The Morgan fingerprint density at radius 3 is 0.889 bits per heavy atom. The zero-order valence-corrected chi connectivity index (χ0v) is 19.4. The van der Waals surface area contributed by atoms with Crippen molar-refractivity contribution in [1.29, 1.82) is 0 Å². The van der Waals surface area contributed by atoms with Crippen LogP contribution in [-0.4, -0.2) is 34.4 Å². The zero-order chi connectivity index (χ0) is 25.3. The number of carbonyl (C=O) groups excluding carboxylic acids is 2. The number of hydrogen-bond donors (Lipinski definition) is 2. The van der Waals surface area contributed by atoms with Gasteiger partial charge in [-0.2, -0.15) is 0 Å². The van der Waals surface area contributed by atoms with Crippen molar-refractivity contribution in [3.05, 3.63) is 144 Å². The fourth-order valence-electron chi connectivity index (χ4n) is 3.80. The second-order valence-electron chi connectivity index (χ2n) is 8.17. The molecule has 0 amide bonds. The van der Waals surface area contributed by atoms with Crippen molar-refractivity contribution >= 4 is 11.9 Å². The van der Waals surface area contributed by atoms with Gasteiger partial charge in [-0.15, -0.1) is 0 Å². The topological polar surface area (TPSA) is 93.1 Å². The minimum Gasteiger partial charge on any atom is -0.451 e. The summed E-state index contributed by atoms with van der Waals surface area (Å²) in [6.45, 7) is 0. The number of benzene rings is 4. The van der Waals surface area contributed by atoms with E-state index in [0.29, 0.717) is 22.3 Å². The Morgan fingerprint density at radius 2 is 0.667 bits per heavy atom. The van der Waals surface area contributed by atoms with Crippen molar-refractivity contribution in [2.75, 3.05) is 0 Å². The highest BCUT2D eigenvalue weighted by Gasteiger charge is 2.36. The van der Waals surface area contributed by atoms with Crippen molar-refractivity contribution in [3.8, 4) is 0 Å². The number of rotatable bonds is 9. The zero-order valence-electron chi connectivity index (χ0n) is 19.4. The Kier molecular flexibility index (Phi) is 8.24. The molecule has 0 aliphatic heterocycles. The van der Waals surface area contributed by atoms with Gasteiger partial charge in [0.2, 0.25) is 0 Å². The first kappa shape index (κ1) is 24.9. The molecule has 4 rings (SSSR count). The number of esters is 2. The molecule has 4 aromatic rings. The van der Waals surface area contributed by atoms with E-state index in [4.69, 9.17) is 9.47 Å². The van der Waals surface area contributed by atoms with E-state index in [1.807, 2.05) is 24.3 Å². The van der Waals surface area contributed by atoms with Crippen molar-refractivity contribution in [1.82, 2.24) is 0 Å². The monoisotopic (exact) mass is 482 g/mol. The van der Waals surface area contributed by atoms with E-state index in [9.17, 15) is 19.8 Å². The summed E-state index contributed by atoms with van der Waals surface area (Å²) in [7, 11) is 0. The molecule has 2 atom stereocenters. The van der Waals surface area contributed by atoms with Crippen LogP contribution >= 0.6 is 0 Å². The number of aliphatic hydroxyl groups excluding tert-OH is 2. The molecule has 6 nitrogen and oxygen atoms in total. The van der Waals surface area contributed by atoms with E-state index in [-0.39, 0.29) is 0 Å². The van der Waals surface area contributed by atoms with Crippen LogP contribution in [0.5, 0.6) is 0 Å². The van der Waals surface area contributed by atoms with Gasteiger partial charge in [-0.05, 0) is 22.3 Å². The molecule has 2 N–H and O–H groups in total. The van der Waals surface area contributed by atoms with Crippen LogP contribution in [0.25, 0.3) is 0 Å². The van der Waals surface area contributed by atoms with Gasteiger partial charge in [0.1, 0.15) is 0 Å². The molecule has 0 unspecified atom stereocenters. The van der Waals surface area contributed by atoms with Crippen LogP contribution in [0.1, 0.15) is 34.5 Å². The van der Waals surface area contributed by atoms with Gasteiger partial charge in [-0.25, -0.2) is 9.59 Å². The molecular weight excluding hydrogens is 456 g/mol. The molecule has 0 aliphatic rings. The molecule has 0 spiro atoms. The predicted molar refractivity (Wildman–Crippen MR) is 134 cm³/mol. The Labute approximate surface area is 209 Å². The lowest BCUT2D eigenvalue weighted by Crippen LogP contribution is -2.42. The van der Waals surface area contributed by atoms with Crippen molar-refractivity contribution in [3.63, 3.8) is 0 Å². The fraction of sp³-hybridized carbons (Fsp3) is 0.133. The smallest absolute Gasteiger partial charge is 0.339 e. The highest BCUT2D eigenvalue weighted by molar-refractivity contribution is 5.85. The van der Waals surface area contributed by atoms with Crippen LogP contribution in [0.15, 0.2) is 121 Å². The number of aliphatic hydroxyl groups is 2. The molecule has 0 saturated carbocycles. The molecule has 36 heavy (non-hydrogen) atoms. The van der Waals surface area contributed by atoms with E-state index in [1.165, 1.54) is 0 Å². The number of carbonyl (C=O) groups is 2. The van der Waals surface area contributed by atoms with E-state index in [1.54, 1.807) is 97.1 Å². The van der Waals surface area contributed by atoms with Gasteiger partial charge in [0.05, 0.1) is 0 Å². The summed E-state index contributed by atoms with van der Waals surface area (Å²) in [6, 6.07) is 36.0. The molecular formula is C30H26O6. The van der Waals surface area contributed by atoms with Crippen molar-refractivity contribution < 1.29 is 29.3 Å². The maximum Gasteiger partial charge on any atom is 0.339 e. The molecule has 182 valence electrons. The molecule has 0 radical (unpaired) electrons. The summed E-state index contributed by atoms with van der Waals surface area (Å²) in [5, 5.41) is 21.1. The molecule has 0 fully saturated rings. The average molecular weight is 483 g/mol. The Morgan fingerprint density at radius 1 is 0.444 bits per heavy atom. The lowest BCUT2D eigenvalue weighted by molar-refractivity contribution is -0.177. The maximum atomic E-state index is 12.8. The second-order valence-corrected chi connectivity index (χ2v) is 8.17. The van der Waals surface area contributed by atoms with Gasteiger partial charge >= 0.3 is 11.9 Å². The van der Waals surface area contributed by atoms with E-state index in [0.717, 1.165) is 0 Å². The summed E-state index contributed by atoms with van der Waals surface area (Å²) in [4.78, 5) is 25.7. The molecule has 0 aromatic heterocycles. The SMILES string of the molecule is O=C(OC(c1ccccc1)c1ccccc1)[C@@H](O)[C@H](O)C(=O)OC(c1ccccc1)c1ccccc1. The molecule has 0 saturated heterocycles. The molecule has 4 aromatic carbocycles. The summed E-state index contributed by atoms with van der Waals surface area (Å²) in [6.07, 6.45) is -5.95. The van der Waals surface area contributed by atoms with Gasteiger partial charge in [-0.1, -0.05) is 121 Å². The van der Waals surface area contributed by atoms with E-state index >= 15 is 0 Å². The third-order valence-electron chi connectivity index (χ3n) is 5.66. The largest absolute Gasteiger partial charge is 0.451 e. The highest BCUT2D eigenvalue weighted by atomic mass is 16.6. The molecule has 0 bridgehead atoms. The number of hydrogen-bond acceptors (Lipinski definition) is 6. The third kappa shape index (κ3) is 6.05. The summed E-state index contributed by atoms with van der Waals surface area (Å²) in [5.74, 6) is -2.29. The lowest BCUT2D eigenvalue weighted by Gasteiger charge is -2.24. The Bertz CT molecular complexity index is 1070. The van der Waals surface area contributed by atoms with Gasteiger partial charge < -0.3 is 19.7 Å². The summed E-state index contributed by atoms with van der Waals surface area (Å²) >= 11 is 0. The minimum absolute atomic E-state index is 0.675. The molecule has 0 heterocycles. The Balaban J connectivity index is 1.50. The average Bonchev–Trinajstić information content (AvgIpc) is 2.95.